The molecule has 0 aromatic heterocycles. The van der Waals surface area contributed by atoms with Gasteiger partial charge in [0, 0.05) is 19.0 Å². The van der Waals surface area contributed by atoms with E-state index in [4.69, 9.17) is 0 Å². The van der Waals surface area contributed by atoms with Crippen molar-refractivity contribution < 1.29 is 4.79 Å². The van der Waals surface area contributed by atoms with Crippen molar-refractivity contribution in [2.24, 2.45) is 0 Å². The number of amides is 1. The van der Waals surface area contributed by atoms with Gasteiger partial charge in [0.1, 0.15) is 0 Å². The lowest BCUT2D eigenvalue weighted by Crippen LogP contribution is -2.46. The molecule has 25 heavy (non-hydrogen) atoms. The van der Waals surface area contributed by atoms with Crippen LogP contribution in [0.15, 0.2) is 24.3 Å². The molecule has 1 atom stereocenters. The lowest BCUT2D eigenvalue weighted by Gasteiger charge is -2.35. The minimum absolute atomic E-state index is 0. The van der Waals surface area contributed by atoms with Gasteiger partial charge in [0.05, 0.1) is 0 Å². The van der Waals surface area contributed by atoms with Gasteiger partial charge in [-0.1, -0.05) is 52.0 Å². The Labute approximate surface area is 160 Å². The minimum Gasteiger partial charge on any atom is -0.340 e. The van der Waals surface area contributed by atoms with Crippen molar-refractivity contribution >= 4 is 18.3 Å². The summed E-state index contributed by atoms with van der Waals surface area (Å²) >= 11 is 0. The van der Waals surface area contributed by atoms with Gasteiger partial charge in [-0.25, -0.2) is 0 Å². The van der Waals surface area contributed by atoms with Gasteiger partial charge in [-0.15, -0.1) is 12.4 Å². The van der Waals surface area contributed by atoms with Crippen LogP contribution in [0.2, 0.25) is 0 Å². The number of hydrogen-bond acceptors (Lipinski definition) is 2. The molecule has 1 saturated heterocycles. The summed E-state index contributed by atoms with van der Waals surface area (Å²) in [5.41, 5.74) is 2.63. The van der Waals surface area contributed by atoms with Crippen LogP contribution < -0.4 is 5.32 Å². The molecule has 1 unspecified atom stereocenters. The second-order valence-electron chi connectivity index (χ2n) is 7.49. The maximum absolute atomic E-state index is 12.9. The van der Waals surface area contributed by atoms with E-state index in [1.165, 1.54) is 11.1 Å². The molecule has 0 saturated carbocycles. The predicted molar refractivity (Wildman–Crippen MR) is 109 cm³/mol. The summed E-state index contributed by atoms with van der Waals surface area (Å²) in [6, 6.07) is 9.23. The van der Waals surface area contributed by atoms with Gasteiger partial charge in [-0.05, 0) is 55.3 Å². The standard InChI is InChI=1S/C21H34N2O.ClH/c1-5-14-23(20-10-12-22-13-11-20)21(24)15-17(4)19-8-6-18(7-9-19)16(2)3;/h6-9,16-17,20,22H,5,10-15H2,1-4H3;1H. The third-order valence-corrected chi connectivity index (χ3v) is 5.19. The molecule has 0 radical (unpaired) electrons. The number of halogens is 1. The van der Waals surface area contributed by atoms with Crippen molar-refractivity contribution in [3.63, 3.8) is 0 Å². The number of rotatable bonds is 7. The van der Waals surface area contributed by atoms with Crippen LogP contribution >= 0.6 is 12.4 Å². The molecule has 0 spiro atoms. The Bertz CT molecular complexity index is 509. The highest BCUT2D eigenvalue weighted by Gasteiger charge is 2.25. The van der Waals surface area contributed by atoms with Gasteiger partial charge in [0.25, 0.3) is 0 Å². The first kappa shape index (κ1) is 22.0. The highest BCUT2D eigenvalue weighted by molar-refractivity contribution is 5.85. The molecule has 1 aromatic carbocycles. The number of piperidine rings is 1. The van der Waals surface area contributed by atoms with E-state index < -0.39 is 0 Å². The Hall–Kier alpha value is -1.06. The first-order valence-electron chi connectivity index (χ1n) is 9.63. The average Bonchev–Trinajstić information content (AvgIpc) is 2.60. The zero-order valence-corrected chi connectivity index (χ0v) is 17.1. The van der Waals surface area contributed by atoms with Crippen molar-refractivity contribution in [3.8, 4) is 0 Å². The number of hydrogen-bond donors (Lipinski definition) is 1. The molecule has 1 aliphatic rings. The summed E-state index contributed by atoms with van der Waals surface area (Å²) in [6.45, 7) is 11.7. The molecule has 0 aliphatic carbocycles. The Kier molecular flexibility index (Phi) is 9.52. The number of nitrogens with one attached hydrogen (secondary N) is 1. The largest absolute Gasteiger partial charge is 0.340 e. The van der Waals surface area contributed by atoms with E-state index in [1.807, 2.05) is 0 Å². The van der Waals surface area contributed by atoms with Crippen LogP contribution in [0, 0.1) is 0 Å². The number of carbonyl (C=O) groups is 1. The molecule has 1 aromatic rings. The molecule has 1 fully saturated rings. The third-order valence-electron chi connectivity index (χ3n) is 5.19. The molecule has 0 bridgehead atoms. The lowest BCUT2D eigenvalue weighted by atomic mass is 9.93. The van der Waals surface area contributed by atoms with Crippen molar-refractivity contribution in [2.45, 2.75) is 71.3 Å². The highest BCUT2D eigenvalue weighted by atomic mass is 35.5. The van der Waals surface area contributed by atoms with Gasteiger partial charge < -0.3 is 10.2 Å². The molecule has 3 nitrogen and oxygen atoms in total. The SMILES string of the molecule is CCCN(C(=O)CC(C)c1ccc(C(C)C)cc1)C1CCNCC1.Cl. The van der Waals surface area contributed by atoms with E-state index in [1.54, 1.807) is 0 Å². The summed E-state index contributed by atoms with van der Waals surface area (Å²) in [6.07, 6.45) is 3.82. The predicted octanol–water partition coefficient (Wildman–Crippen LogP) is 4.72. The van der Waals surface area contributed by atoms with Gasteiger partial charge >= 0.3 is 0 Å². The normalized spacial score (nSPS) is 16.4. The molecule has 1 N–H and O–H groups in total. The first-order chi connectivity index (χ1) is 11.5. The van der Waals surface area contributed by atoms with E-state index in [-0.39, 0.29) is 18.3 Å². The van der Waals surface area contributed by atoms with Crippen LogP contribution in [0.5, 0.6) is 0 Å². The molecule has 1 amide bonds. The van der Waals surface area contributed by atoms with Crippen LogP contribution in [0.3, 0.4) is 0 Å². The summed E-state index contributed by atoms with van der Waals surface area (Å²) in [4.78, 5) is 15.0. The van der Waals surface area contributed by atoms with Gasteiger partial charge in [-0.2, -0.15) is 0 Å². The zero-order chi connectivity index (χ0) is 17.5. The summed E-state index contributed by atoms with van der Waals surface area (Å²) < 4.78 is 0. The third kappa shape index (κ3) is 6.31. The van der Waals surface area contributed by atoms with Gasteiger partial charge in [0.15, 0.2) is 0 Å². The van der Waals surface area contributed by atoms with Crippen molar-refractivity contribution in [3.05, 3.63) is 35.4 Å². The Morgan fingerprint density at radius 2 is 1.68 bits per heavy atom. The van der Waals surface area contributed by atoms with Crippen LogP contribution in [0.4, 0.5) is 0 Å². The van der Waals surface area contributed by atoms with Gasteiger partial charge in [-0.3, -0.25) is 4.79 Å². The summed E-state index contributed by atoms with van der Waals surface area (Å²) in [5, 5.41) is 3.39. The van der Waals surface area contributed by atoms with Crippen molar-refractivity contribution in [1.82, 2.24) is 10.2 Å². The Morgan fingerprint density at radius 1 is 1.12 bits per heavy atom. The topological polar surface area (TPSA) is 32.3 Å². The lowest BCUT2D eigenvalue weighted by molar-refractivity contribution is -0.134. The maximum Gasteiger partial charge on any atom is 0.223 e. The van der Waals surface area contributed by atoms with E-state index in [0.717, 1.165) is 38.9 Å². The first-order valence-corrected chi connectivity index (χ1v) is 9.63. The smallest absolute Gasteiger partial charge is 0.223 e. The van der Waals surface area contributed by atoms with Crippen LogP contribution in [0.25, 0.3) is 0 Å². The minimum atomic E-state index is 0. The Balaban J connectivity index is 0.00000312. The average molecular weight is 367 g/mol. The van der Waals surface area contributed by atoms with Crippen LogP contribution in [0.1, 0.15) is 76.3 Å². The van der Waals surface area contributed by atoms with Crippen molar-refractivity contribution in [2.75, 3.05) is 19.6 Å². The van der Waals surface area contributed by atoms with E-state index in [2.05, 4.69) is 62.2 Å². The molecule has 1 aliphatic heterocycles. The monoisotopic (exact) mass is 366 g/mol. The fraction of sp³-hybridized carbons (Fsp3) is 0.667. The maximum atomic E-state index is 12.9. The second kappa shape index (κ2) is 10.8. The van der Waals surface area contributed by atoms with E-state index in [9.17, 15) is 4.79 Å². The van der Waals surface area contributed by atoms with Crippen molar-refractivity contribution in [1.29, 1.82) is 0 Å². The molecule has 142 valence electrons. The fourth-order valence-corrected chi connectivity index (χ4v) is 3.58. The molecular weight excluding hydrogens is 332 g/mol. The fourth-order valence-electron chi connectivity index (χ4n) is 3.58. The summed E-state index contributed by atoms with van der Waals surface area (Å²) in [7, 11) is 0. The van der Waals surface area contributed by atoms with Crippen LogP contribution in [-0.2, 0) is 4.79 Å². The quantitative estimate of drug-likeness (QED) is 0.757. The van der Waals surface area contributed by atoms with E-state index in [0.29, 0.717) is 24.3 Å². The highest BCUT2D eigenvalue weighted by Crippen LogP contribution is 2.24. The number of nitrogens with zero attached hydrogens (tertiary/aromatic N) is 1. The Morgan fingerprint density at radius 3 is 2.20 bits per heavy atom. The van der Waals surface area contributed by atoms with E-state index >= 15 is 0 Å². The van der Waals surface area contributed by atoms with Crippen LogP contribution in [-0.4, -0.2) is 36.5 Å². The number of benzene rings is 1. The number of carbonyl (C=O) groups excluding carboxylic acids is 1. The summed E-state index contributed by atoms with van der Waals surface area (Å²) in [5.74, 6) is 1.15. The molecule has 4 heteroatoms. The molecule has 1 heterocycles. The van der Waals surface area contributed by atoms with Gasteiger partial charge in [0.2, 0.25) is 5.91 Å². The molecule has 2 rings (SSSR count). The second-order valence-corrected chi connectivity index (χ2v) is 7.49. The zero-order valence-electron chi connectivity index (χ0n) is 16.3. The molecular formula is C21H35ClN2O.